The summed E-state index contributed by atoms with van der Waals surface area (Å²) in [6.07, 6.45) is 10.2. The first-order valence-corrected chi connectivity index (χ1v) is 11.4. The molecule has 166 valence electrons. The normalized spacial score (nSPS) is 23.1. The molecule has 1 rings (SSSR count). The van der Waals surface area contributed by atoms with Crippen LogP contribution < -0.4 is 0 Å². The lowest BCUT2D eigenvalue weighted by Gasteiger charge is -2.27. The van der Waals surface area contributed by atoms with Crippen molar-refractivity contribution < 1.29 is 29.2 Å². The average Bonchev–Trinajstić information content (AvgIpc) is 3.05. The Balaban J connectivity index is 2.23. The fraction of sp³-hybridized carbons (Fsp3) is 0.955. The third-order valence-electron chi connectivity index (χ3n) is 5.28. The standard InChI is InChI=1S/C22H42O6/c1-3-5-7-8-9-10-11-12-13-14-20(25)28-19(16-23)22-21(18(24)17-27-22)26-15-6-4-2/h18-19,21-24H,3-17H2,1-2H3/t18-,19+,21+,22+/m0/s1. The zero-order chi connectivity index (χ0) is 20.6. The van der Waals surface area contributed by atoms with Crippen LogP contribution in [0.15, 0.2) is 0 Å². The molecule has 6 heteroatoms. The van der Waals surface area contributed by atoms with Gasteiger partial charge < -0.3 is 24.4 Å². The zero-order valence-electron chi connectivity index (χ0n) is 17.9. The third-order valence-corrected chi connectivity index (χ3v) is 5.28. The van der Waals surface area contributed by atoms with Crippen molar-refractivity contribution in [2.75, 3.05) is 19.8 Å². The highest BCUT2D eigenvalue weighted by Crippen LogP contribution is 2.23. The zero-order valence-corrected chi connectivity index (χ0v) is 17.9. The number of hydrogen-bond acceptors (Lipinski definition) is 6. The molecule has 1 fully saturated rings. The molecule has 1 aliphatic heterocycles. The van der Waals surface area contributed by atoms with Crippen LogP contribution in [-0.4, -0.2) is 60.4 Å². The molecule has 0 aromatic rings. The molecule has 0 saturated carbocycles. The van der Waals surface area contributed by atoms with Crippen LogP contribution in [0.3, 0.4) is 0 Å². The van der Waals surface area contributed by atoms with Crippen molar-refractivity contribution in [1.29, 1.82) is 0 Å². The van der Waals surface area contributed by atoms with Crippen molar-refractivity contribution in [1.82, 2.24) is 0 Å². The van der Waals surface area contributed by atoms with Gasteiger partial charge in [-0.05, 0) is 12.8 Å². The number of rotatable bonds is 17. The van der Waals surface area contributed by atoms with E-state index in [-0.39, 0.29) is 19.2 Å². The molecule has 1 saturated heterocycles. The first-order chi connectivity index (χ1) is 13.6. The summed E-state index contributed by atoms with van der Waals surface area (Å²) < 4.78 is 16.7. The quantitative estimate of drug-likeness (QED) is 0.285. The van der Waals surface area contributed by atoms with E-state index < -0.39 is 24.4 Å². The molecule has 1 heterocycles. The molecule has 0 unspecified atom stereocenters. The van der Waals surface area contributed by atoms with Gasteiger partial charge in [-0.2, -0.15) is 0 Å². The molecule has 1 aliphatic rings. The second kappa shape index (κ2) is 16.1. The maximum absolute atomic E-state index is 12.1. The van der Waals surface area contributed by atoms with Gasteiger partial charge in [0.25, 0.3) is 0 Å². The topological polar surface area (TPSA) is 85.2 Å². The fourth-order valence-electron chi connectivity index (χ4n) is 3.52. The molecule has 28 heavy (non-hydrogen) atoms. The molecule has 0 spiro atoms. The Morgan fingerprint density at radius 3 is 2.21 bits per heavy atom. The Kier molecular flexibility index (Phi) is 14.6. The van der Waals surface area contributed by atoms with E-state index in [1.807, 2.05) is 0 Å². The highest BCUT2D eigenvalue weighted by Gasteiger charge is 2.43. The Bertz CT molecular complexity index is 389. The van der Waals surface area contributed by atoms with Gasteiger partial charge in [0.2, 0.25) is 0 Å². The van der Waals surface area contributed by atoms with E-state index >= 15 is 0 Å². The number of hydrogen-bond donors (Lipinski definition) is 2. The number of unbranched alkanes of at least 4 members (excludes halogenated alkanes) is 9. The van der Waals surface area contributed by atoms with Crippen LogP contribution in [0.2, 0.25) is 0 Å². The molecule has 0 bridgehead atoms. The summed E-state index contributed by atoms with van der Waals surface area (Å²) in [5, 5.41) is 19.7. The Labute approximate surface area is 170 Å². The van der Waals surface area contributed by atoms with Gasteiger partial charge in [0.05, 0.1) is 13.2 Å². The summed E-state index contributed by atoms with van der Waals surface area (Å²) in [6.45, 7) is 4.60. The molecule has 0 aliphatic carbocycles. The van der Waals surface area contributed by atoms with E-state index in [2.05, 4.69) is 13.8 Å². The van der Waals surface area contributed by atoms with Crippen molar-refractivity contribution in [3.8, 4) is 0 Å². The molecule has 0 radical (unpaired) electrons. The largest absolute Gasteiger partial charge is 0.457 e. The molecular formula is C22H42O6. The van der Waals surface area contributed by atoms with Crippen molar-refractivity contribution in [2.45, 2.75) is 115 Å². The van der Waals surface area contributed by atoms with E-state index in [1.54, 1.807) is 0 Å². The second-order valence-corrected chi connectivity index (χ2v) is 7.84. The van der Waals surface area contributed by atoms with Gasteiger partial charge in [-0.25, -0.2) is 0 Å². The predicted octanol–water partition coefficient (Wildman–Crippen LogP) is 3.76. The number of carbonyl (C=O) groups is 1. The second-order valence-electron chi connectivity index (χ2n) is 7.84. The summed E-state index contributed by atoms with van der Waals surface area (Å²) in [7, 11) is 0. The first-order valence-electron chi connectivity index (χ1n) is 11.4. The van der Waals surface area contributed by atoms with Crippen LogP contribution in [0.1, 0.15) is 90.9 Å². The van der Waals surface area contributed by atoms with Crippen LogP contribution in [0.5, 0.6) is 0 Å². The third kappa shape index (κ3) is 10.2. The monoisotopic (exact) mass is 402 g/mol. The summed E-state index contributed by atoms with van der Waals surface area (Å²) in [4.78, 5) is 12.1. The fourth-order valence-corrected chi connectivity index (χ4v) is 3.52. The predicted molar refractivity (Wildman–Crippen MR) is 109 cm³/mol. The van der Waals surface area contributed by atoms with Crippen molar-refractivity contribution in [3.05, 3.63) is 0 Å². The van der Waals surface area contributed by atoms with Crippen LogP contribution in [-0.2, 0) is 19.0 Å². The highest BCUT2D eigenvalue weighted by atomic mass is 16.6. The van der Waals surface area contributed by atoms with Crippen molar-refractivity contribution >= 4 is 5.97 Å². The van der Waals surface area contributed by atoms with Crippen LogP contribution in [0.25, 0.3) is 0 Å². The smallest absolute Gasteiger partial charge is 0.306 e. The van der Waals surface area contributed by atoms with E-state index in [1.165, 1.54) is 38.5 Å². The molecule has 0 aromatic heterocycles. The molecule has 0 amide bonds. The van der Waals surface area contributed by atoms with Crippen molar-refractivity contribution in [2.24, 2.45) is 0 Å². The maximum atomic E-state index is 12.1. The number of aliphatic hydroxyl groups excluding tert-OH is 2. The number of carbonyl (C=O) groups excluding carboxylic acids is 1. The lowest BCUT2D eigenvalue weighted by atomic mass is 10.1. The van der Waals surface area contributed by atoms with Gasteiger partial charge >= 0.3 is 5.97 Å². The van der Waals surface area contributed by atoms with Gasteiger partial charge in [-0.1, -0.05) is 71.6 Å². The molecule has 2 N–H and O–H groups in total. The Morgan fingerprint density at radius 2 is 1.61 bits per heavy atom. The molecule has 0 aromatic carbocycles. The summed E-state index contributed by atoms with van der Waals surface area (Å²) in [6, 6.07) is 0. The summed E-state index contributed by atoms with van der Waals surface area (Å²) in [5.41, 5.74) is 0. The van der Waals surface area contributed by atoms with Gasteiger partial charge in [0, 0.05) is 13.0 Å². The lowest BCUT2D eigenvalue weighted by molar-refractivity contribution is -0.165. The van der Waals surface area contributed by atoms with Gasteiger partial charge in [-0.3, -0.25) is 4.79 Å². The number of aliphatic hydroxyl groups is 2. The number of esters is 1. The maximum Gasteiger partial charge on any atom is 0.306 e. The van der Waals surface area contributed by atoms with Crippen LogP contribution in [0, 0.1) is 0 Å². The average molecular weight is 403 g/mol. The Hall–Kier alpha value is -0.690. The minimum Gasteiger partial charge on any atom is -0.457 e. The molecular weight excluding hydrogens is 360 g/mol. The minimum absolute atomic E-state index is 0.133. The van der Waals surface area contributed by atoms with E-state index in [0.29, 0.717) is 13.0 Å². The van der Waals surface area contributed by atoms with Crippen LogP contribution in [0.4, 0.5) is 0 Å². The molecule has 6 nitrogen and oxygen atoms in total. The lowest BCUT2D eigenvalue weighted by Crippen LogP contribution is -2.44. The number of ether oxygens (including phenoxy) is 3. The van der Waals surface area contributed by atoms with Gasteiger partial charge in [-0.15, -0.1) is 0 Å². The minimum atomic E-state index is -0.796. The first kappa shape index (κ1) is 25.3. The highest BCUT2D eigenvalue weighted by molar-refractivity contribution is 5.69. The summed E-state index contributed by atoms with van der Waals surface area (Å²) in [5.74, 6) is -0.320. The van der Waals surface area contributed by atoms with E-state index in [4.69, 9.17) is 14.2 Å². The van der Waals surface area contributed by atoms with Gasteiger partial charge in [0.1, 0.15) is 18.3 Å². The SMILES string of the molecule is CCCCCCCCCCCC(=O)O[C@H](CO)[C@H]1OC[C@H](O)[C@H]1OCCCC. The van der Waals surface area contributed by atoms with E-state index in [9.17, 15) is 15.0 Å². The van der Waals surface area contributed by atoms with Crippen LogP contribution >= 0.6 is 0 Å². The Morgan fingerprint density at radius 1 is 1.00 bits per heavy atom. The van der Waals surface area contributed by atoms with E-state index in [0.717, 1.165) is 32.1 Å². The van der Waals surface area contributed by atoms with Crippen molar-refractivity contribution in [3.63, 3.8) is 0 Å². The summed E-state index contributed by atoms with van der Waals surface area (Å²) >= 11 is 0. The van der Waals surface area contributed by atoms with Gasteiger partial charge in [0.15, 0.2) is 6.10 Å². The molecule has 4 atom stereocenters.